The van der Waals surface area contributed by atoms with E-state index in [4.69, 9.17) is 9.15 Å². The molecular weight excluding hydrogens is 274 g/mol. The van der Waals surface area contributed by atoms with Crippen LogP contribution in [0.1, 0.15) is 38.4 Å². The largest absolute Gasteiger partial charge is 0.468 e. The van der Waals surface area contributed by atoms with Gasteiger partial charge in [-0.3, -0.25) is 4.79 Å². The Labute approximate surface area is 124 Å². The van der Waals surface area contributed by atoms with Crippen LogP contribution in [0.2, 0.25) is 0 Å². The molecule has 5 heteroatoms. The lowest BCUT2D eigenvalue weighted by Crippen LogP contribution is -2.56. The summed E-state index contributed by atoms with van der Waals surface area (Å²) in [7, 11) is 1.47. The van der Waals surface area contributed by atoms with Crippen LogP contribution < -0.4 is 5.32 Å². The summed E-state index contributed by atoms with van der Waals surface area (Å²) < 4.78 is 10.4. The zero-order valence-electron chi connectivity index (χ0n) is 12.2. The van der Waals surface area contributed by atoms with Crippen LogP contribution in [0.25, 0.3) is 0 Å². The van der Waals surface area contributed by atoms with Crippen molar-refractivity contribution in [3.8, 4) is 0 Å². The molecule has 2 rings (SSSR count). The molecular formula is C15H23NO3S. The highest BCUT2D eigenvalue weighted by Crippen LogP contribution is 2.37. The van der Waals surface area contributed by atoms with Crippen LogP contribution in [-0.2, 0) is 15.3 Å². The van der Waals surface area contributed by atoms with E-state index in [2.05, 4.69) is 5.32 Å². The maximum absolute atomic E-state index is 12.1. The molecule has 1 saturated carbocycles. The van der Waals surface area contributed by atoms with Gasteiger partial charge in [0.05, 0.1) is 19.1 Å². The molecule has 1 aromatic heterocycles. The molecule has 1 fully saturated rings. The smallest absolute Gasteiger partial charge is 0.326 e. The highest BCUT2D eigenvalue weighted by Gasteiger charge is 2.43. The average molecular weight is 297 g/mol. The van der Waals surface area contributed by atoms with Gasteiger partial charge in [-0.1, -0.05) is 6.92 Å². The molecule has 112 valence electrons. The van der Waals surface area contributed by atoms with E-state index in [-0.39, 0.29) is 5.97 Å². The van der Waals surface area contributed by atoms with Crippen molar-refractivity contribution in [2.75, 3.05) is 13.7 Å². The number of hydrogen-bond donors (Lipinski definition) is 1. The molecule has 0 spiro atoms. The number of ether oxygens (including phenoxy) is 1. The van der Waals surface area contributed by atoms with Gasteiger partial charge in [0, 0.05) is 5.25 Å². The second kappa shape index (κ2) is 7.18. The molecule has 1 aromatic rings. The van der Waals surface area contributed by atoms with Crippen molar-refractivity contribution in [3.63, 3.8) is 0 Å². The van der Waals surface area contributed by atoms with Gasteiger partial charge in [0.25, 0.3) is 0 Å². The fraction of sp³-hybridized carbons (Fsp3) is 0.667. The third kappa shape index (κ3) is 3.58. The van der Waals surface area contributed by atoms with Crippen LogP contribution in [0.5, 0.6) is 0 Å². The molecule has 0 amide bonds. The van der Waals surface area contributed by atoms with Crippen LogP contribution in [0, 0.1) is 0 Å². The second-order valence-electron chi connectivity index (χ2n) is 5.21. The minimum Gasteiger partial charge on any atom is -0.468 e. The Morgan fingerprint density at radius 3 is 3.15 bits per heavy atom. The summed E-state index contributed by atoms with van der Waals surface area (Å²) in [6.07, 6.45) is 5.60. The first-order chi connectivity index (χ1) is 9.70. The van der Waals surface area contributed by atoms with Gasteiger partial charge in [-0.2, -0.15) is 11.8 Å². The Morgan fingerprint density at radius 1 is 1.65 bits per heavy atom. The van der Waals surface area contributed by atoms with Gasteiger partial charge in [0.1, 0.15) is 11.3 Å². The molecule has 2 atom stereocenters. The number of esters is 1. The van der Waals surface area contributed by atoms with Crippen molar-refractivity contribution in [2.24, 2.45) is 0 Å². The van der Waals surface area contributed by atoms with Gasteiger partial charge in [0.2, 0.25) is 0 Å². The molecule has 0 radical (unpaired) electrons. The van der Waals surface area contributed by atoms with Crippen LogP contribution >= 0.6 is 11.8 Å². The Balaban J connectivity index is 1.96. The van der Waals surface area contributed by atoms with Crippen LogP contribution in [-0.4, -0.2) is 30.4 Å². The quantitative estimate of drug-likeness (QED) is 0.818. The third-order valence-electron chi connectivity index (χ3n) is 3.84. The molecule has 0 bridgehead atoms. The zero-order chi connectivity index (χ0) is 14.4. The summed E-state index contributed by atoms with van der Waals surface area (Å²) in [5, 5.41) is 3.83. The minimum atomic E-state index is -0.497. The fourth-order valence-electron chi connectivity index (χ4n) is 2.91. The number of nitrogens with one attached hydrogen (secondary N) is 1. The van der Waals surface area contributed by atoms with Crippen molar-refractivity contribution in [1.29, 1.82) is 0 Å². The topological polar surface area (TPSA) is 51.5 Å². The molecule has 1 aliphatic rings. The summed E-state index contributed by atoms with van der Waals surface area (Å²) in [6.45, 7) is 2.81. The number of carbonyl (C=O) groups is 1. The monoisotopic (exact) mass is 297 g/mol. The number of rotatable bonds is 6. The van der Waals surface area contributed by atoms with Crippen LogP contribution in [0.3, 0.4) is 0 Å². The third-order valence-corrected chi connectivity index (χ3v) is 5.16. The van der Waals surface area contributed by atoms with Crippen LogP contribution in [0.15, 0.2) is 22.8 Å². The number of thioether (sulfide) groups is 1. The van der Waals surface area contributed by atoms with Gasteiger partial charge in [-0.05, 0) is 44.4 Å². The van der Waals surface area contributed by atoms with E-state index in [0.717, 1.165) is 43.7 Å². The van der Waals surface area contributed by atoms with E-state index < -0.39 is 5.54 Å². The molecule has 4 nitrogen and oxygen atoms in total. The summed E-state index contributed by atoms with van der Waals surface area (Å²) in [4.78, 5) is 12.1. The summed E-state index contributed by atoms with van der Waals surface area (Å²) in [5.74, 6) is 1.73. The van der Waals surface area contributed by atoms with Gasteiger partial charge in [-0.15, -0.1) is 0 Å². The summed E-state index contributed by atoms with van der Waals surface area (Å²) >= 11 is 1.87. The Bertz CT molecular complexity index is 417. The lowest BCUT2D eigenvalue weighted by molar-refractivity contribution is -0.150. The molecule has 1 N–H and O–H groups in total. The SMILES string of the molecule is CCNC1(C(=O)OC)CCCC(SCc2ccco2)C1. The predicted molar refractivity (Wildman–Crippen MR) is 80.7 cm³/mol. The molecule has 1 aliphatic carbocycles. The Morgan fingerprint density at radius 2 is 2.50 bits per heavy atom. The standard InChI is InChI=1S/C15H23NO3S/c1-3-16-15(14(17)18-2)8-4-7-13(10-15)20-11-12-6-5-9-19-12/h5-6,9,13,16H,3-4,7-8,10-11H2,1-2H3. The number of methoxy groups -OCH3 is 1. The van der Waals surface area contributed by atoms with Gasteiger partial charge < -0.3 is 14.5 Å². The van der Waals surface area contributed by atoms with E-state index in [1.54, 1.807) is 6.26 Å². The zero-order valence-corrected chi connectivity index (χ0v) is 13.0. The normalized spacial score (nSPS) is 26.4. The molecule has 1 heterocycles. The van der Waals surface area contributed by atoms with Gasteiger partial charge >= 0.3 is 5.97 Å². The molecule has 0 aliphatic heterocycles. The fourth-order valence-corrected chi connectivity index (χ4v) is 4.21. The van der Waals surface area contributed by atoms with Gasteiger partial charge in [0.15, 0.2) is 0 Å². The predicted octanol–water partition coefficient (Wildman–Crippen LogP) is 2.98. The number of likely N-dealkylation sites (N-methyl/N-ethyl adjacent to an activating group) is 1. The van der Waals surface area contributed by atoms with Crippen molar-refractivity contribution in [1.82, 2.24) is 5.32 Å². The van der Waals surface area contributed by atoms with E-state index in [1.807, 2.05) is 30.8 Å². The van der Waals surface area contributed by atoms with E-state index in [1.165, 1.54) is 7.11 Å². The van der Waals surface area contributed by atoms with Crippen molar-refractivity contribution in [3.05, 3.63) is 24.2 Å². The lowest BCUT2D eigenvalue weighted by atomic mass is 9.81. The van der Waals surface area contributed by atoms with Crippen LogP contribution in [0.4, 0.5) is 0 Å². The molecule has 0 aromatic carbocycles. The van der Waals surface area contributed by atoms with E-state index >= 15 is 0 Å². The van der Waals surface area contributed by atoms with Crippen molar-refractivity contribution < 1.29 is 13.9 Å². The van der Waals surface area contributed by atoms with Crippen molar-refractivity contribution in [2.45, 2.75) is 49.1 Å². The number of carbonyl (C=O) groups excluding carboxylic acids is 1. The first-order valence-corrected chi connectivity index (χ1v) is 8.22. The number of furan rings is 1. The minimum absolute atomic E-state index is 0.123. The maximum atomic E-state index is 12.1. The second-order valence-corrected chi connectivity index (χ2v) is 6.50. The van der Waals surface area contributed by atoms with E-state index in [9.17, 15) is 4.79 Å². The Kier molecular flexibility index (Phi) is 5.54. The average Bonchev–Trinajstić information content (AvgIpc) is 2.98. The summed E-state index contributed by atoms with van der Waals surface area (Å²) in [5.41, 5.74) is -0.497. The van der Waals surface area contributed by atoms with Gasteiger partial charge in [-0.25, -0.2) is 0 Å². The van der Waals surface area contributed by atoms with E-state index in [0.29, 0.717) is 5.25 Å². The van der Waals surface area contributed by atoms with Crippen molar-refractivity contribution >= 4 is 17.7 Å². The Hall–Kier alpha value is -0.940. The molecule has 0 saturated heterocycles. The first-order valence-electron chi connectivity index (χ1n) is 7.17. The summed E-state index contributed by atoms with van der Waals surface area (Å²) in [6, 6.07) is 3.90. The molecule has 2 unspecified atom stereocenters. The highest BCUT2D eigenvalue weighted by atomic mass is 32.2. The highest BCUT2D eigenvalue weighted by molar-refractivity contribution is 7.99. The molecule has 20 heavy (non-hydrogen) atoms. The maximum Gasteiger partial charge on any atom is 0.326 e. The number of hydrogen-bond acceptors (Lipinski definition) is 5. The first kappa shape index (κ1) is 15.4. The lowest BCUT2D eigenvalue weighted by Gasteiger charge is -2.38.